The lowest BCUT2D eigenvalue weighted by Crippen LogP contribution is -2.50. The molecule has 0 spiro atoms. The van der Waals surface area contributed by atoms with Crippen LogP contribution in [0, 0.1) is 10.8 Å². The van der Waals surface area contributed by atoms with Crippen molar-refractivity contribution < 1.29 is 9.59 Å². The Hall–Kier alpha value is -2.04. The zero-order valence-corrected chi connectivity index (χ0v) is 19.1. The molecule has 0 aromatic heterocycles. The van der Waals surface area contributed by atoms with Gasteiger partial charge in [0.25, 0.3) is 11.8 Å². The van der Waals surface area contributed by atoms with Gasteiger partial charge in [0, 0.05) is 33.8 Å². The highest BCUT2D eigenvalue weighted by atomic mass is 35.5. The van der Waals surface area contributed by atoms with Crippen LogP contribution in [0.15, 0.2) is 48.5 Å². The summed E-state index contributed by atoms with van der Waals surface area (Å²) in [5, 5.41) is 7.31. The van der Waals surface area contributed by atoms with Crippen LogP contribution in [0.1, 0.15) is 60.7 Å². The smallest absolute Gasteiger partial charge is 0.251 e. The zero-order valence-electron chi connectivity index (χ0n) is 17.6. The number of nitrogens with one attached hydrogen (secondary N) is 2. The van der Waals surface area contributed by atoms with Gasteiger partial charge < -0.3 is 10.6 Å². The molecule has 2 N–H and O–H groups in total. The van der Waals surface area contributed by atoms with Gasteiger partial charge in [0.15, 0.2) is 0 Å². The molecule has 2 amide bonds. The molecule has 6 heteroatoms. The fraction of sp³-hybridized carbons (Fsp3) is 0.417. The molecule has 160 valence electrons. The minimum absolute atomic E-state index is 0.0216. The van der Waals surface area contributed by atoms with Crippen LogP contribution in [0.3, 0.4) is 0 Å². The number of halogens is 2. The van der Waals surface area contributed by atoms with Gasteiger partial charge in [0.05, 0.1) is 0 Å². The quantitative estimate of drug-likeness (QED) is 0.614. The van der Waals surface area contributed by atoms with Crippen LogP contribution < -0.4 is 10.6 Å². The van der Waals surface area contributed by atoms with Crippen molar-refractivity contribution in [3.63, 3.8) is 0 Å². The van der Waals surface area contributed by atoms with Gasteiger partial charge in [-0.05, 0) is 66.5 Å². The van der Waals surface area contributed by atoms with Crippen molar-refractivity contribution in [1.82, 2.24) is 10.6 Å². The third kappa shape index (κ3) is 5.99. The van der Waals surface area contributed by atoms with Crippen LogP contribution in [0.5, 0.6) is 0 Å². The largest absolute Gasteiger partial charge is 0.351 e. The minimum Gasteiger partial charge on any atom is -0.351 e. The van der Waals surface area contributed by atoms with Crippen molar-refractivity contribution in [2.75, 3.05) is 6.54 Å². The lowest BCUT2D eigenvalue weighted by Gasteiger charge is -2.47. The molecule has 2 aromatic carbocycles. The Morgan fingerprint density at radius 1 is 0.933 bits per heavy atom. The molecule has 1 aliphatic carbocycles. The summed E-state index contributed by atoms with van der Waals surface area (Å²) in [7, 11) is 0. The van der Waals surface area contributed by atoms with Crippen LogP contribution in [0.4, 0.5) is 0 Å². The second-order valence-electron chi connectivity index (χ2n) is 9.43. The molecule has 0 radical (unpaired) electrons. The third-order valence-electron chi connectivity index (χ3n) is 5.63. The number of benzene rings is 2. The van der Waals surface area contributed by atoms with E-state index in [9.17, 15) is 9.59 Å². The second-order valence-corrected chi connectivity index (χ2v) is 10.3. The van der Waals surface area contributed by atoms with Crippen molar-refractivity contribution in [2.45, 2.75) is 46.1 Å². The summed E-state index contributed by atoms with van der Waals surface area (Å²) in [6, 6.07) is 13.9. The first kappa shape index (κ1) is 22.6. The summed E-state index contributed by atoms with van der Waals surface area (Å²) < 4.78 is 0. The molecule has 2 aromatic rings. The van der Waals surface area contributed by atoms with Crippen molar-refractivity contribution in [3.8, 4) is 0 Å². The van der Waals surface area contributed by atoms with E-state index in [4.69, 9.17) is 23.2 Å². The zero-order chi connectivity index (χ0) is 21.9. The Morgan fingerprint density at radius 2 is 1.50 bits per heavy atom. The monoisotopic (exact) mass is 446 g/mol. The van der Waals surface area contributed by atoms with Gasteiger partial charge in [-0.1, -0.05) is 56.1 Å². The lowest BCUT2D eigenvalue weighted by atomic mass is 9.62. The van der Waals surface area contributed by atoms with Crippen LogP contribution >= 0.6 is 23.2 Å². The summed E-state index contributed by atoms with van der Waals surface area (Å²) in [6.07, 6.45) is 2.63. The molecule has 3 rings (SSSR count). The molecule has 0 saturated heterocycles. The predicted molar refractivity (Wildman–Crippen MR) is 122 cm³/mol. The maximum atomic E-state index is 12.7. The normalized spacial score (nSPS) is 22.9. The summed E-state index contributed by atoms with van der Waals surface area (Å²) in [5.74, 6) is -0.257. The molecule has 0 heterocycles. The first-order valence-electron chi connectivity index (χ1n) is 10.2. The molecule has 1 fully saturated rings. The average Bonchev–Trinajstić information content (AvgIpc) is 2.64. The second kappa shape index (κ2) is 8.99. The molecule has 1 aliphatic rings. The van der Waals surface area contributed by atoms with E-state index >= 15 is 0 Å². The molecular formula is C24H28Cl2N2O2. The fourth-order valence-electron chi connectivity index (χ4n) is 4.79. The predicted octanol–water partition coefficient (Wildman–Crippen LogP) is 5.74. The first-order chi connectivity index (χ1) is 14.1. The van der Waals surface area contributed by atoms with E-state index in [2.05, 4.69) is 31.4 Å². The molecule has 4 nitrogen and oxygen atoms in total. The Kier molecular flexibility index (Phi) is 6.78. The SMILES string of the molecule is CC1(C)C[C@H](NC(=O)c2cccc(Cl)c2)C[C@](C)(CNC(=O)c2cccc(Cl)c2)C1. The Balaban J connectivity index is 1.67. The number of carbonyl (C=O) groups excluding carboxylic acids is 2. The molecule has 1 saturated carbocycles. The van der Waals surface area contributed by atoms with Gasteiger partial charge in [0.1, 0.15) is 0 Å². The van der Waals surface area contributed by atoms with Gasteiger partial charge in [-0.2, -0.15) is 0 Å². The van der Waals surface area contributed by atoms with E-state index in [-0.39, 0.29) is 28.7 Å². The number of hydrogen-bond donors (Lipinski definition) is 2. The topological polar surface area (TPSA) is 58.2 Å². The summed E-state index contributed by atoms with van der Waals surface area (Å²) in [5.41, 5.74) is 1.01. The highest BCUT2D eigenvalue weighted by Crippen LogP contribution is 2.45. The van der Waals surface area contributed by atoms with Gasteiger partial charge in [0.2, 0.25) is 0 Å². The van der Waals surface area contributed by atoms with E-state index < -0.39 is 0 Å². The number of amides is 2. The van der Waals surface area contributed by atoms with E-state index in [1.807, 2.05) is 0 Å². The Bertz CT molecular complexity index is 944. The van der Waals surface area contributed by atoms with E-state index in [0.29, 0.717) is 27.7 Å². The number of hydrogen-bond acceptors (Lipinski definition) is 2. The number of carbonyl (C=O) groups is 2. The standard InChI is InChI=1S/C24H28Cl2N2O2/c1-23(2)12-20(28-22(30)17-7-5-9-19(26)11-17)13-24(3,14-23)15-27-21(29)16-6-4-8-18(25)10-16/h4-11,20H,12-15H2,1-3H3,(H,27,29)(H,28,30)/t20-,24-/m0/s1. The van der Waals surface area contributed by atoms with Crippen molar-refractivity contribution in [1.29, 1.82) is 0 Å². The van der Waals surface area contributed by atoms with E-state index in [1.54, 1.807) is 48.5 Å². The number of rotatable bonds is 5. The molecule has 0 unspecified atom stereocenters. The van der Waals surface area contributed by atoms with Gasteiger partial charge in [-0.15, -0.1) is 0 Å². The van der Waals surface area contributed by atoms with Crippen LogP contribution in [-0.4, -0.2) is 24.4 Å². The summed E-state index contributed by atoms with van der Waals surface area (Å²) in [4.78, 5) is 25.3. The van der Waals surface area contributed by atoms with Crippen molar-refractivity contribution in [2.24, 2.45) is 10.8 Å². The lowest BCUT2D eigenvalue weighted by molar-refractivity contribution is 0.0592. The van der Waals surface area contributed by atoms with Crippen LogP contribution in [0.2, 0.25) is 10.0 Å². The maximum Gasteiger partial charge on any atom is 0.251 e. The van der Waals surface area contributed by atoms with E-state index in [0.717, 1.165) is 19.3 Å². The highest BCUT2D eigenvalue weighted by molar-refractivity contribution is 6.31. The average molecular weight is 447 g/mol. The molecule has 0 aliphatic heterocycles. The van der Waals surface area contributed by atoms with Crippen LogP contribution in [0.25, 0.3) is 0 Å². The minimum atomic E-state index is -0.137. The van der Waals surface area contributed by atoms with Gasteiger partial charge in [-0.3, -0.25) is 9.59 Å². The maximum absolute atomic E-state index is 12.7. The molecule has 0 bridgehead atoms. The van der Waals surface area contributed by atoms with Crippen LogP contribution in [-0.2, 0) is 0 Å². The third-order valence-corrected chi connectivity index (χ3v) is 6.10. The van der Waals surface area contributed by atoms with Crippen molar-refractivity contribution >= 4 is 35.0 Å². The van der Waals surface area contributed by atoms with Gasteiger partial charge >= 0.3 is 0 Å². The first-order valence-corrected chi connectivity index (χ1v) is 10.9. The molecule has 30 heavy (non-hydrogen) atoms. The Morgan fingerprint density at radius 3 is 2.07 bits per heavy atom. The summed E-state index contributed by atoms with van der Waals surface area (Å²) >= 11 is 12.0. The van der Waals surface area contributed by atoms with Crippen molar-refractivity contribution in [3.05, 3.63) is 69.7 Å². The fourth-order valence-corrected chi connectivity index (χ4v) is 5.17. The summed E-state index contributed by atoms with van der Waals surface area (Å²) in [6.45, 7) is 7.12. The Labute approximate surface area is 188 Å². The highest BCUT2D eigenvalue weighted by Gasteiger charge is 2.42. The van der Waals surface area contributed by atoms with Gasteiger partial charge in [-0.25, -0.2) is 0 Å². The molecule has 2 atom stereocenters. The van der Waals surface area contributed by atoms with E-state index in [1.165, 1.54) is 0 Å². The molecular weight excluding hydrogens is 419 g/mol.